The summed E-state index contributed by atoms with van der Waals surface area (Å²) in [4.78, 5) is 0. The van der Waals surface area contributed by atoms with Gasteiger partial charge in [-0.1, -0.05) is 38.8 Å². The Hall–Kier alpha value is -1.27. The van der Waals surface area contributed by atoms with Crippen molar-refractivity contribution in [2.45, 2.75) is 26.2 Å². The molecule has 0 aliphatic rings. The summed E-state index contributed by atoms with van der Waals surface area (Å²) >= 11 is 0. The highest BCUT2D eigenvalue weighted by atomic mass is 32.2. The van der Waals surface area contributed by atoms with Gasteiger partial charge in [-0.3, -0.25) is 0 Å². The molecule has 0 aliphatic heterocycles. The van der Waals surface area contributed by atoms with E-state index in [4.69, 9.17) is 0 Å². The minimum atomic E-state index is -3.22. The molecule has 1 aromatic carbocycles. The molecule has 0 fully saturated rings. The zero-order valence-electron chi connectivity index (χ0n) is 10.0. The fraction of sp³-hybridized carbons (Fsp3) is 0.385. The maximum Gasteiger partial charge on any atom is 0.214 e. The Kier molecular flexibility index (Phi) is 3.44. The molecule has 0 spiro atoms. The highest BCUT2D eigenvalue weighted by molar-refractivity contribution is 7.95. The average molecular weight is 236 g/mol. The normalized spacial score (nSPS) is 11.8. The first kappa shape index (κ1) is 12.8. The van der Waals surface area contributed by atoms with Crippen molar-refractivity contribution in [1.29, 1.82) is 0 Å². The fourth-order valence-corrected chi connectivity index (χ4v) is 1.51. The van der Waals surface area contributed by atoms with E-state index < -0.39 is 9.84 Å². The Morgan fingerprint density at radius 3 is 1.94 bits per heavy atom. The van der Waals surface area contributed by atoms with Gasteiger partial charge in [-0.2, -0.15) is 0 Å². The van der Waals surface area contributed by atoms with Gasteiger partial charge in [0.2, 0.25) is 9.84 Å². The molecule has 3 heteroatoms. The molecule has 0 N–H and O–H groups in total. The van der Waals surface area contributed by atoms with Crippen molar-refractivity contribution in [3.63, 3.8) is 0 Å². The molecule has 0 heterocycles. The van der Waals surface area contributed by atoms with Gasteiger partial charge in [0.15, 0.2) is 0 Å². The summed E-state index contributed by atoms with van der Waals surface area (Å²) in [6.07, 6.45) is 1.10. The largest absolute Gasteiger partial charge is 0.216 e. The second-order valence-electron chi connectivity index (χ2n) is 4.83. The van der Waals surface area contributed by atoms with E-state index in [1.54, 1.807) is 0 Å². The van der Waals surface area contributed by atoms with Gasteiger partial charge < -0.3 is 0 Å². The zero-order valence-corrected chi connectivity index (χ0v) is 10.9. The Bertz CT molecular complexity index is 520. The Balaban J connectivity index is 3.00. The molecule has 2 nitrogen and oxygen atoms in total. The summed E-state index contributed by atoms with van der Waals surface area (Å²) < 4.78 is 21.7. The van der Waals surface area contributed by atoms with Crippen LogP contribution in [-0.4, -0.2) is 14.7 Å². The third kappa shape index (κ3) is 4.08. The molecule has 0 saturated heterocycles. The Morgan fingerprint density at radius 2 is 1.56 bits per heavy atom. The van der Waals surface area contributed by atoms with E-state index >= 15 is 0 Å². The highest BCUT2D eigenvalue weighted by Gasteiger charge is 2.12. The van der Waals surface area contributed by atoms with Gasteiger partial charge in [0.25, 0.3) is 0 Å². The molecule has 0 amide bonds. The van der Waals surface area contributed by atoms with Crippen LogP contribution in [0.2, 0.25) is 0 Å². The number of benzene rings is 1. The molecule has 1 rings (SSSR count). The first-order valence-corrected chi connectivity index (χ1v) is 6.91. The van der Waals surface area contributed by atoms with Crippen LogP contribution in [0.1, 0.15) is 31.9 Å². The van der Waals surface area contributed by atoms with Crippen LogP contribution in [0, 0.1) is 11.2 Å². The summed E-state index contributed by atoms with van der Waals surface area (Å²) in [6, 6.07) is 7.65. The monoisotopic (exact) mass is 236 g/mol. The molecule has 16 heavy (non-hydrogen) atoms. The predicted molar refractivity (Wildman–Crippen MR) is 66.9 cm³/mol. The SMILES string of the molecule is CC(C)(C)c1ccc(C#CS(C)(=O)=O)cc1. The van der Waals surface area contributed by atoms with Crippen molar-refractivity contribution >= 4 is 9.84 Å². The summed E-state index contributed by atoms with van der Waals surface area (Å²) in [5.74, 6) is 2.63. The lowest BCUT2D eigenvalue weighted by Crippen LogP contribution is -2.10. The predicted octanol–water partition coefficient (Wildman–Crippen LogP) is 2.34. The van der Waals surface area contributed by atoms with Gasteiger partial charge in [-0.15, -0.1) is 0 Å². The summed E-state index contributed by atoms with van der Waals surface area (Å²) in [7, 11) is -3.22. The third-order valence-electron chi connectivity index (χ3n) is 2.13. The van der Waals surface area contributed by atoms with Gasteiger partial charge in [-0.05, 0) is 23.1 Å². The lowest BCUT2D eigenvalue weighted by atomic mass is 9.87. The van der Waals surface area contributed by atoms with E-state index in [1.807, 2.05) is 24.3 Å². The average Bonchev–Trinajstić information content (AvgIpc) is 2.13. The van der Waals surface area contributed by atoms with E-state index in [9.17, 15) is 8.42 Å². The summed E-state index contributed by atoms with van der Waals surface area (Å²) in [5, 5.41) is 2.22. The lowest BCUT2D eigenvalue weighted by Gasteiger charge is -2.18. The molecule has 0 aromatic heterocycles. The number of hydrogen-bond acceptors (Lipinski definition) is 2. The van der Waals surface area contributed by atoms with E-state index in [2.05, 4.69) is 31.9 Å². The van der Waals surface area contributed by atoms with E-state index in [0.29, 0.717) is 0 Å². The van der Waals surface area contributed by atoms with Gasteiger partial charge >= 0.3 is 0 Å². The quantitative estimate of drug-likeness (QED) is 0.648. The summed E-state index contributed by atoms with van der Waals surface area (Å²) in [5.41, 5.74) is 2.03. The van der Waals surface area contributed by atoms with Crippen molar-refractivity contribution in [3.05, 3.63) is 35.4 Å². The highest BCUT2D eigenvalue weighted by Crippen LogP contribution is 2.21. The molecule has 0 aliphatic carbocycles. The van der Waals surface area contributed by atoms with Crippen molar-refractivity contribution in [3.8, 4) is 11.2 Å². The Morgan fingerprint density at radius 1 is 1.06 bits per heavy atom. The Labute approximate surface area is 97.6 Å². The van der Waals surface area contributed by atoms with Crippen LogP contribution in [0.15, 0.2) is 24.3 Å². The van der Waals surface area contributed by atoms with E-state index in [-0.39, 0.29) is 5.41 Å². The van der Waals surface area contributed by atoms with Crippen molar-refractivity contribution in [2.24, 2.45) is 0 Å². The molecule has 86 valence electrons. The lowest BCUT2D eigenvalue weighted by molar-refractivity contribution is 0.590. The fourth-order valence-electron chi connectivity index (χ4n) is 1.21. The molecule has 0 bridgehead atoms. The second-order valence-corrected chi connectivity index (χ2v) is 6.58. The van der Waals surface area contributed by atoms with Crippen LogP contribution < -0.4 is 0 Å². The zero-order chi connectivity index (χ0) is 12.4. The van der Waals surface area contributed by atoms with Crippen molar-refractivity contribution in [2.75, 3.05) is 6.26 Å². The van der Waals surface area contributed by atoms with Crippen molar-refractivity contribution < 1.29 is 8.42 Å². The van der Waals surface area contributed by atoms with Crippen molar-refractivity contribution in [1.82, 2.24) is 0 Å². The first-order valence-electron chi connectivity index (χ1n) is 5.02. The minimum absolute atomic E-state index is 0.1000. The maximum atomic E-state index is 10.9. The minimum Gasteiger partial charge on any atom is -0.216 e. The van der Waals surface area contributed by atoms with Gasteiger partial charge in [0.1, 0.15) is 0 Å². The topological polar surface area (TPSA) is 34.1 Å². The summed E-state index contributed by atoms with van der Waals surface area (Å²) in [6.45, 7) is 6.39. The standard InChI is InChI=1S/C13H16O2S/c1-13(2,3)12-7-5-11(6-8-12)9-10-16(4,14)15/h5-8H,1-4H3. The molecule has 0 radical (unpaired) electrons. The van der Waals surface area contributed by atoms with Crippen LogP contribution in [-0.2, 0) is 15.3 Å². The number of hydrogen-bond donors (Lipinski definition) is 0. The molecule has 0 unspecified atom stereocenters. The molecule has 0 saturated carbocycles. The van der Waals surface area contributed by atoms with Gasteiger partial charge in [-0.25, -0.2) is 8.42 Å². The number of rotatable bonds is 0. The molecule has 0 atom stereocenters. The number of sulfone groups is 1. The van der Waals surface area contributed by atoms with E-state index in [0.717, 1.165) is 11.8 Å². The van der Waals surface area contributed by atoms with Crippen LogP contribution >= 0.6 is 0 Å². The first-order chi connectivity index (χ1) is 7.18. The molecular formula is C13H16O2S. The maximum absolute atomic E-state index is 10.9. The van der Waals surface area contributed by atoms with Crippen LogP contribution in [0.25, 0.3) is 0 Å². The van der Waals surface area contributed by atoms with Crippen LogP contribution in [0.4, 0.5) is 0 Å². The van der Waals surface area contributed by atoms with Crippen LogP contribution in [0.3, 0.4) is 0 Å². The van der Waals surface area contributed by atoms with Gasteiger partial charge in [0, 0.05) is 10.8 Å². The molecular weight excluding hydrogens is 220 g/mol. The third-order valence-corrected chi connectivity index (χ3v) is 2.60. The molecule has 1 aromatic rings. The smallest absolute Gasteiger partial charge is 0.214 e. The second kappa shape index (κ2) is 4.31. The van der Waals surface area contributed by atoms with Crippen LogP contribution in [0.5, 0.6) is 0 Å². The van der Waals surface area contributed by atoms with Gasteiger partial charge in [0.05, 0.1) is 6.26 Å². The van der Waals surface area contributed by atoms with E-state index in [1.165, 1.54) is 5.56 Å².